The normalized spacial score (nSPS) is 17.8. The number of benzene rings is 2. The van der Waals surface area contributed by atoms with E-state index < -0.39 is 0 Å². The minimum absolute atomic E-state index is 0.150. The summed E-state index contributed by atoms with van der Waals surface area (Å²) in [6.45, 7) is 3.52. The number of rotatable bonds is 5. The summed E-state index contributed by atoms with van der Waals surface area (Å²) in [6.07, 6.45) is 2.11. The van der Waals surface area contributed by atoms with Crippen LogP contribution in [-0.2, 0) is 11.3 Å². The Hall–Kier alpha value is -2.69. The van der Waals surface area contributed by atoms with E-state index in [1.54, 1.807) is 0 Å². The van der Waals surface area contributed by atoms with Crippen LogP contribution in [0.25, 0.3) is 0 Å². The van der Waals surface area contributed by atoms with E-state index in [1.165, 1.54) is 11.1 Å². The Morgan fingerprint density at radius 3 is 2.46 bits per heavy atom. The monoisotopic (exact) mass is 345 g/mol. The molecule has 1 N–H and O–H groups in total. The first-order chi connectivity index (χ1) is 12.9. The fourth-order valence-electron chi connectivity index (χ4n) is 3.24. The van der Waals surface area contributed by atoms with E-state index in [1.807, 2.05) is 48.7 Å². The maximum absolute atomic E-state index is 5.95. The van der Waals surface area contributed by atoms with Crippen molar-refractivity contribution in [3.05, 3.63) is 90.1 Å². The molecule has 1 aliphatic rings. The summed E-state index contributed by atoms with van der Waals surface area (Å²) < 4.78 is 5.95. The molecule has 1 aromatic heterocycles. The molecule has 4 nitrogen and oxygen atoms in total. The molecule has 0 saturated carbocycles. The molecule has 1 atom stereocenters. The highest BCUT2D eigenvalue weighted by atomic mass is 16.5. The van der Waals surface area contributed by atoms with Gasteiger partial charge in [-0.15, -0.1) is 0 Å². The Morgan fingerprint density at radius 1 is 0.962 bits per heavy atom. The molecule has 4 heteroatoms. The summed E-state index contributed by atoms with van der Waals surface area (Å²) in [5, 5.41) is 3.32. The number of ether oxygens (including phenoxy) is 1. The molecule has 0 bridgehead atoms. The molecule has 0 amide bonds. The molecule has 26 heavy (non-hydrogen) atoms. The molecule has 0 aliphatic carbocycles. The number of nitrogens with one attached hydrogen (secondary N) is 1. The summed E-state index contributed by atoms with van der Waals surface area (Å²) >= 11 is 0. The zero-order valence-electron chi connectivity index (χ0n) is 14.7. The zero-order valence-corrected chi connectivity index (χ0v) is 14.7. The molecule has 4 rings (SSSR count). The van der Waals surface area contributed by atoms with Crippen molar-refractivity contribution < 1.29 is 4.74 Å². The van der Waals surface area contributed by atoms with Gasteiger partial charge < -0.3 is 10.1 Å². The first-order valence-electron chi connectivity index (χ1n) is 9.03. The fourth-order valence-corrected chi connectivity index (χ4v) is 3.24. The first kappa shape index (κ1) is 16.8. The van der Waals surface area contributed by atoms with E-state index in [0.717, 1.165) is 37.7 Å². The van der Waals surface area contributed by atoms with Crippen molar-refractivity contribution in [1.29, 1.82) is 0 Å². The van der Waals surface area contributed by atoms with E-state index >= 15 is 0 Å². The molecule has 0 spiro atoms. The van der Waals surface area contributed by atoms with Crippen LogP contribution in [0.15, 0.2) is 79.0 Å². The van der Waals surface area contributed by atoms with E-state index in [-0.39, 0.29) is 6.10 Å². The van der Waals surface area contributed by atoms with Crippen molar-refractivity contribution in [2.45, 2.75) is 12.6 Å². The minimum Gasteiger partial charge on any atom is -0.371 e. The van der Waals surface area contributed by atoms with Gasteiger partial charge in [0.2, 0.25) is 0 Å². The topological polar surface area (TPSA) is 37.4 Å². The lowest BCUT2D eigenvalue weighted by atomic mass is 10.1. The number of nitrogens with zero attached hydrogens (tertiary/aromatic N) is 2. The summed E-state index contributed by atoms with van der Waals surface area (Å²) in [4.78, 5) is 6.98. The van der Waals surface area contributed by atoms with Crippen molar-refractivity contribution >= 4 is 11.5 Å². The molecular formula is C22H23N3O. The van der Waals surface area contributed by atoms with Crippen LogP contribution in [0.5, 0.6) is 0 Å². The van der Waals surface area contributed by atoms with Gasteiger partial charge in [-0.05, 0) is 29.3 Å². The largest absolute Gasteiger partial charge is 0.371 e. The Kier molecular flexibility index (Phi) is 5.24. The molecule has 2 aromatic carbocycles. The van der Waals surface area contributed by atoms with Crippen molar-refractivity contribution in [2.24, 2.45) is 0 Å². The minimum atomic E-state index is 0.150. The lowest BCUT2D eigenvalue weighted by Gasteiger charge is -2.33. The third kappa shape index (κ3) is 4.28. The van der Waals surface area contributed by atoms with E-state index in [0.29, 0.717) is 0 Å². The Bertz CT molecular complexity index is 806. The molecule has 1 unspecified atom stereocenters. The third-order valence-corrected chi connectivity index (χ3v) is 4.60. The summed E-state index contributed by atoms with van der Waals surface area (Å²) in [6, 6.07) is 24.7. The summed E-state index contributed by atoms with van der Waals surface area (Å²) in [5.74, 6) is 0.865. The van der Waals surface area contributed by atoms with E-state index in [2.05, 4.69) is 45.5 Å². The van der Waals surface area contributed by atoms with Crippen LogP contribution in [0.2, 0.25) is 0 Å². The van der Waals surface area contributed by atoms with Gasteiger partial charge in [-0.2, -0.15) is 0 Å². The smallest absolute Gasteiger partial charge is 0.130 e. The standard InChI is InChI=1S/C22H23N3O/c1-3-7-19(8-4-1)21-17-25(13-14-26-21)16-18-11-12-22(23-15-18)24-20-9-5-2-6-10-20/h1-12,15,21H,13-14,16-17H2,(H,23,24). The van der Waals surface area contributed by atoms with E-state index in [9.17, 15) is 0 Å². The average Bonchev–Trinajstić information content (AvgIpc) is 2.71. The van der Waals surface area contributed by atoms with Crippen molar-refractivity contribution in [1.82, 2.24) is 9.88 Å². The number of hydrogen-bond acceptors (Lipinski definition) is 4. The number of para-hydroxylation sites is 1. The zero-order chi connectivity index (χ0) is 17.6. The van der Waals surface area contributed by atoms with Crippen LogP contribution in [0.4, 0.5) is 11.5 Å². The second-order valence-corrected chi connectivity index (χ2v) is 6.55. The van der Waals surface area contributed by atoms with Gasteiger partial charge in [0.15, 0.2) is 0 Å². The lowest BCUT2D eigenvalue weighted by molar-refractivity contribution is -0.0329. The van der Waals surface area contributed by atoms with Crippen LogP contribution < -0.4 is 5.32 Å². The third-order valence-electron chi connectivity index (χ3n) is 4.60. The molecule has 2 heterocycles. The SMILES string of the molecule is c1ccc(Nc2ccc(CN3CCOC(c4ccccc4)C3)cn2)cc1. The molecule has 1 aliphatic heterocycles. The van der Waals surface area contributed by atoms with Gasteiger partial charge in [-0.3, -0.25) is 4.90 Å². The van der Waals surface area contributed by atoms with Crippen LogP contribution >= 0.6 is 0 Å². The fraction of sp³-hybridized carbons (Fsp3) is 0.227. The number of anilines is 2. The van der Waals surface area contributed by atoms with E-state index in [4.69, 9.17) is 4.74 Å². The lowest BCUT2D eigenvalue weighted by Crippen LogP contribution is -2.37. The number of pyridine rings is 1. The van der Waals surface area contributed by atoms with Crippen LogP contribution in [0.3, 0.4) is 0 Å². The predicted molar refractivity (Wildman–Crippen MR) is 104 cm³/mol. The van der Waals surface area contributed by atoms with Crippen molar-refractivity contribution in [2.75, 3.05) is 25.0 Å². The van der Waals surface area contributed by atoms with Gasteiger partial charge in [0, 0.05) is 31.5 Å². The maximum atomic E-state index is 5.95. The number of hydrogen-bond donors (Lipinski definition) is 1. The molecular weight excluding hydrogens is 322 g/mol. The van der Waals surface area contributed by atoms with Gasteiger partial charge in [-0.25, -0.2) is 4.98 Å². The highest BCUT2D eigenvalue weighted by Gasteiger charge is 2.21. The Balaban J connectivity index is 1.36. The molecule has 3 aromatic rings. The maximum Gasteiger partial charge on any atom is 0.130 e. The van der Waals surface area contributed by atoms with Crippen molar-refractivity contribution in [3.63, 3.8) is 0 Å². The van der Waals surface area contributed by atoms with Gasteiger partial charge in [-0.1, -0.05) is 54.6 Å². The van der Waals surface area contributed by atoms with Crippen LogP contribution in [-0.4, -0.2) is 29.6 Å². The highest BCUT2D eigenvalue weighted by Crippen LogP contribution is 2.23. The Morgan fingerprint density at radius 2 is 1.73 bits per heavy atom. The van der Waals surface area contributed by atoms with Crippen molar-refractivity contribution in [3.8, 4) is 0 Å². The highest BCUT2D eigenvalue weighted by molar-refractivity contribution is 5.55. The van der Waals surface area contributed by atoms with Crippen LogP contribution in [0, 0.1) is 0 Å². The van der Waals surface area contributed by atoms with Crippen LogP contribution in [0.1, 0.15) is 17.2 Å². The van der Waals surface area contributed by atoms with Gasteiger partial charge in [0.1, 0.15) is 5.82 Å². The molecule has 132 valence electrons. The molecule has 1 saturated heterocycles. The number of aromatic nitrogens is 1. The molecule has 1 fully saturated rings. The van der Waals surface area contributed by atoms with Gasteiger partial charge in [0.25, 0.3) is 0 Å². The van der Waals surface area contributed by atoms with Gasteiger partial charge >= 0.3 is 0 Å². The summed E-state index contributed by atoms with van der Waals surface area (Å²) in [5.41, 5.74) is 3.52. The average molecular weight is 345 g/mol. The molecule has 0 radical (unpaired) electrons. The second kappa shape index (κ2) is 8.13. The second-order valence-electron chi connectivity index (χ2n) is 6.55. The predicted octanol–water partition coefficient (Wildman–Crippen LogP) is 4.40. The first-order valence-corrected chi connectivity index (χ1v) is 9.03. The van der Waals surface area contributed by atoms with Gasteiger partial charge in [0.05, 0.1) is 12.7 Å². The quantitative estimate of drug-likeness (QED) is 0.744. The summed E-state index contributed by atoms with van der Waals surface area (Å²) in [7, 11) is 0. The Labute approximate surface area is 154 Å². The number of morpholine rings is 1.